The summed E-state index contributed by atoms with van der Waals surface area (Å²) in [4.78, 5) is 11.1. The average Bonchev–Trinajstić information content (AvgIpc) is 2.38. The van der Waals surface area contributed by atoms with Gasteiger partial charge in [-0.05, 0) is 25.5 Å². The minimum atomic E-state index is 0.0366. The van der Waals surface area contributed by atoms with E-state index in [1.54, 1.807) is 7.05 Å². The molecule has 0 radical (unpaired) electrons. The molecule has 1 rings (SSSR count). The highest BCUT2D eigenvalue weighted by Gasteiger charge is 2.02. The van der Waals surface area contributed by atoms with Crippen LogP contribution >= 0.6 is 0 Å². The lowest BCUT2D eigenvalue weighted by Crippen LogP contribution is -2.20. The maximum Gasteiger partial charge on any atom is 0.221 e. The van der Waals surface area contributed by atoms with E-state index in [1.807, 2.05) is 31.2 Å². The van der Waals surface area contributed by atoms with Crippen LogP contribution in [-0.2, 0) is 4.79 Å². The Hall–Kier alpha value is -1.71. The third-order valence-electron chi connectivity index (χ3n) is 2.71. The largest absolute Gasteiger partial charge is 0.491 e. The van der Waals surface area contributed by atoms with E-state index in [0.29, 0.717) is 13.0 Å². The van der Waals surface area contributed by atoms with Gasteiger partial charge in [0, 0.05) is 31.8 Å². The van der Waals surface area contributed by atoms with E-state index in [9.17, 15) is 4.79 Å². The number of anilines is 1. The van der Waals surface area contributed by atoms with Crippen LogP contribution in [0.4, 0.5) is 5.69 Å². The van der Waals surface area contributed by atoms with Crippen LogP contribution in [0.5, 0.6) is 5.75 Å². The molecule has 1 amide bonds. The van der Waals surface area contributed by atoms with Gasteiger partial charge in [0.05, 0.1) is 6.10 Å². The summed E-state index contributed by atoms with van der Waals surface area (Å²) < 4.78 is 5.73. The van der Waals surface area contributed by atoms with Crippen molar-refractivity contribution in [1.82, 2.24) is 5.32 Å². The van der Waals surface area contributed by atoms with Gasteiger partial charge >= 0.3 is 0 Å². The maximum absolute atomic E-state index is 11.1. The molecule has 18 heavy (non-hydrogen) atoms. The van der Waals surface area contributed by atoms with Crippen LogP contribution in [0.15, 0.2) is 24.3 Å². The zero-order valence-electron chi connectivity index (χ0n) is 11.3. The van der Waals surface area contributed by atoms with Crippen molar-refractivity contribution in [2.45, 2.75) is 32.8 Å². The molecular formula is C14H22N2O2. The number of hydrogen-bond donors (Lipinski definition) is 2. The fourth-order valence-electron chi connectivity index (χ4n) is 1.44. The second-order valence-corrected chi connectivity index (χ2v) is 4.21. The van der Waals surface area contributed by atoms with E-state index in [1.165, 1.54) is 0 Å². The number of amides is 1. The first-order valence-corrected chi connectivity index (χ1v) is 6.37. The summed E-state index contributed by atoms with van der Waals surface area (Å²) >= 11 is 0. The Kier molecular flexibility index (Phi) is 6.05. The number of hydrogen-bond acceptors (Lipinski definition) is 3. The van der Waals surface area contributed by atoms with Crippen molar-refractivity contribution < 1.29 is 9.53 Å². The number of nitrogens with one attached hydrogen (secondary N) is 2. The highest BCUT2D eigenvalue weighted by Crippen LogP contribution is 2.19. The van der Waals surface area contributed by atoms with Crippen LogP contribution in [-0.4, -0.2) is 25.6 Å². The second kappa shape index (κ2) is 7.58. The third-order valence-corrected chi connectivity index (χ3v) is 2.71. The van der Waals surface area contributed by atoms with Crippen LogP contribution in [0, 0.1) is 0 Å². The van der Waals surface area contributed by atoms with E-state index in [4.69, 9.17) is 4.74 Å². The first kappa shape index (κ1) is 14.4. The van der Waals surface area contributed by atoms with Gasteiger partial charge in [-0.1, -0.05) is 13.0 Å². The summed E-state index contributed by atoms with van der Waals surface area (Å²) in [5, 5.41) is 5.79. The number of carbonyl (C=O) groups excluding carboxylic acids is 1. The van der Waals surface area contributed by atoms with Crippen molar-refractivity contribution in [2.75, 3.05) is 18.9 Å². The van der Waals surface area contributed by atoms with Crippen LogP contribution in [0.25, 0.3) is 0 Å². The van der Waals surface area contributed by atoms with Gasteiger partial charge in [0.25, 0.3) is 0 Å². The lowest BCUT2D eigenvalue weighted by atomic mass is 10.2. The molecule has 100 valence electrons. The molecule has 4 nitrogen and oxygen atoms in total. The predicted molar refractivity (Wildman–Crippen MR) is 74.0 cm³/mol. The molecule has 0 aromatic heterocycles. The molecule has 1 atom stereocenters. The highest BCUT2D eigenvalue weighted by atomic mass is 16.5. The Morgan fingerprint density at radius 3 is 2.89 bits per heavy atom. The number of benzene rings is 1. The van der Waals surface area contributed by atoms with Gasteiger partial charge in [0.15, 0.2) is 0 Å². The van der Waals surface area contributed by atoms with Gasteiger partial charge in [0.2, 0.25) is 5.91 Å². The van der Waals surface area contributed by atoms with Crippen molar-refractivity contribution >= 4 is 11.6 Å². The van der Waals surface area contributed by atoms with Crippen LogP contribution < -0.4 is 15.4 Å². The topological polar surface area (TPSA) is 50.4 Å². The number of carbonyl (C=O) groups is 1. The van der Waals surface area contributed by atoms with Crippen molar-refractivity contribution in [3.8, 4) is 5.75 Å². The summed E-state index contributed by atoms with van der Waals surface area (Å²) in [6, 6.07) is 7.80. The van der Waals surface area contributed by atoms with Crippen molar-refractivity contribution in [3.05, 3.63) is 24.3 Å². The normalized spacial score (nSPS) is 11.7. The maximum atomic E-state index is 11.1. The fraction of sp³-hybridized carbons (Fsp3) is 0.500. The lowest BCUT2D eigenvalue weighted by molar-refractivity contribution is -0.120. The smallest absolute Gasteiger partial charge is 0.221 e. The standard InChI is InChI=1S/C14H22N2O2/c1-4-11(2)18-13-7-5-6-12(10-13)16-9-8-14(17)15-3/h5-7,10-11,16H,4,8-9H2,1-3H3,(H,15,17). The molecule has 0 bridgehead atoms. The molecule has 2 N–H and O–H groups in total. The number of ether oxygens (including phenoxy) is 1. The van der Waals surface area contributed by atoms with Gasteiger partial charge in [0.1, 0.15) is 5.75 Å². The second-order valence-electron chi connectivity index (χ2n) is 4.21. The SMILES string of the molecule is CCC(C)Oc1cccc(NCCC(=O)NC)c1. The van der Waals surface area contributed by atoms with E-state index in [0.717, 1.165) is 17.9 Å². The van der Waals surface area contributed by atoms with Gasteiger partial charge in [-0.3, -0.25) is 4.79 Å². The minimum absolute atomic E-state index is 0.0366. The molecule has 1 aromatic carbocycles. The summed E-state index contributed by atoms with van der Waals surface area (Å²) in [6.07, 6.45) is 1.66. The number of rotatable bonds is 7. The first-order valence-electron chi connectivity index (χ1n) is 6.37. The Morgan fingerprint density at radius 1 is 1.44 bits per heavy atom. The van der Waals surface area contributed by atoms with Gasteiger partial charge < -0.3 is 15.4 Å². The van der Waals surface area contributed by atoms with Gasteiger partial charge in [-0.2, -0.15) is 0 Å². The summed E-state index contributed by atoms with van der Waals surface area (Å²) in [5.41, 5.74) is 0.972. The Bertz CT molecular complexity index is 380. The predicted octanol–water partition coefficient (Wildman–Crippen LogP) is 2.41. The van der Waals surface area contributed by atoms with E-state index in [-0.39, 0.29) is 12.0 Å². The van der Waals surface area contributed by atoms with Crippen molar-refractivity contribution in [2.24, 2.45) is 0 Å². The van der Waals surface area contributed by atoms with E-state index < -0.39 is 0 Å². The summed E-state index contributed by atoms with van der Waals surface area (Å²) in [7, 11) is 1.64. The molecule has 0 aliphatic rings. The highest BCUT2D eigenvalue weighted by molar-refractivity contribution is 5.76. The molecule has 0 saturated carbocycles. The van der Waals surface area contributed by atoms with Crippen molar-refractivity contribution in [1.29, 1.82) is 0 Å². The Morgan fingerprint density at radius 2 is 2.22 bits per heavy atom. The molecule has 0 fully saturated rings. The average molecular weight is 250 g/mol. The molecular weight excluding hydrogens is 228 g/mol. The van der Waals surface area contributed by atoms with E-state index >= 15 is 0 Å². The van der Waals surface area contributed by atoms with Crippen LogP contribution in [0.2, 0.25) is 0 Å². The fourth-order valence-corrected chi connectivity index (χ4v) is 1.44. The molecule has 1 aromatic rings. The molecule has 4 heteroatoms. The molecule has 1 unspecified atom stereocenters. The third kappa shape index (κ3) is 5.08. The van der Waals surface area contributed by atoms with Crippen LogP contribution in [0.3, 0.4) is 0 Å². The summed E-state index contributed by atoms with van der Waals surface area (Å²) in [5.74, 6) is 0.892. The van der Waals surface area contributed by atoms with Crippen molar-refractivity contribution in [3.63, 3.8) is 0 Å². The quantitative estimate of drug-likeness (QED) is 0.781. The summed E-state index contributed by atoms with van der Waals surface area (Å²) in [6.45, 7) is 4.76. The molecule has 0 aliphatic heterocycles. The molecule has 0 spiro atoms. The molecule has 0 saturated heterocycles. The van der Waals surface area contributed by atoms with Crippen LogP contribution in [0.1, 0.15) is 26.7 Å². The monoisotopic (exact) mass is 250 g/mol. The first-order chi connectivity index (χ1) is 8.65. The Labute approximate surface area is 109 Å². The minimum Gasteiger partial charge on any atom is -0.491 e. The zero-order chi connectivity index (χ0) is 13.4. The zero-order valence-corrected chi connectivity index (χ0v) is 11.3. The molecule has 0 heterocycles. The molecule has 0 aliphatic carbocycles. The Balaban J connectivity index is 2.46. The van der Waals surface area contributed by atoms with E-state index in [2.05, 4.69) is 17.6 Å². The van der Waals surface area contributed by atoms with Gasteiger partial charge in [-0.25, -0.2) is 0 Å². The lowest BCUT2D eigenvalue weighted by Gasteiger charge is -2.14. The van der Waals surface area contributed by atoms with Gasteiger partial charge in [-0.15, -0.1) is 0 Å².